The minimum Gasteiger partial charge on any atom is -0.392 e. The Morgan fingerprint density at radius 2 is 2.00 bits per heavy atom. The fourth-order valence-electron chi connectivity index (χ4n) is 1.99. The molecule has 4 heteroatoms. The summed E-state index contributed by atoms with van der Waals surface area (Å²) >= 11 is 0. The quantitative estimate of drug-likeness (QED) is 0.570. The zero-order valence-corrected chi connectivity index (χ0v) is 9.81. The minimum absolute atomic E-state index is 0.175. The highest BCUT2D eigenvalue weighted by Crippen LogP contribution is 2.35. The van der Waals surface area contributed by atoms with Crippen LogP contribution in [-0.4, -0.2) is 35.5 Å². The highest BCUT2D eigenvalue weighted by Gasteiger charge is 2.55. The van der Waals surface area contributed by atoms with Gasteiger partial charge in [-0.3, -0.25) is 9.59 Å². The van der Waals surface area contributed by atoms with Gasteiger partial charge < -0.3 is 9.84 Å². The number of aliphatic hydroxyl groups is 1. The topological polar surface area (TPSA) is 66.9 Å². The molecule has 17 heavy (non-hydrogen) atoms. The first-order chi connectivity index (χ1) is 8.20. The Morgan fingerprint density at radius 3 is 2.65 bits per heavy atom. The van der Waals surface area contributed by atoms with Gasteiger partial charge in [-0.15, -0.1) is 0 Å². The highest BCUT2D eigenvalue weighted by atomic mass is 16.6. The Balaban J connectivity index is 2.17. The molecule has 1 aliphatic carbocycles. The van der Waals surface area contributed by atoms with E-state index in [9.17, 15) is 9.59 Å². The van der Waals surface area contributed by atoms with Crippen molar-refractivity contribution in [2.45, 2.75) is 38.4 Å². The number of rotatable bonds is 5. The molecule has 0 saturated carbocycles. The second kappa shape index (κ2) is 4.94. The maximum absolute atomic E-state index is 11.8. The van der Waals surface area contributed by atoms with E-state index in [1.165, 1.54) is 0 Å². The van der Waals surface area contributed by atoms with Gasteiger partial charge in [0.15, 0.2) is 23.8 Å². The van der Waals surface area contributed by atoms with Crippen LogP contribution in [0.1, 0.15) is 26.2 Å². The molecule has 0 unspecified atom stereocenters. The Morgan fingerprint density at radius 1 is 1.29 bits per heavy atom. The summed E-state index contributed by atoms with van der Waals surface area (Å²) in [5.74, 6) is -0.418. The van der Waals surface area contributed by atoms with E-state index in [1.807, 2.05) is 6.08 Å². The third kappa shape index (κ3) is 2.23. The van der Waals surface area contributed by atoms with Crippen molar-refractivity contribution in [3.05, 3.63) is 23.3 Å². The minimum atomic E-state index is -0.627. The summed E-state index contributed by atoms with van der Waals surface area (Å²) < 4.78 is 5.01. The van der Waals surface area contributed by atoms with E-state index in [0.29, 0.717) is 5.57 Å². The van der Waals surface area contributed by atoms with Crippen molar-refractivity contribution in [2.24, 2.45) is 0 Å². The van der Waals surface area contributed by atoms with Crippen LogP contribution in [0, 0.1) is 0 Å². The third-order valence-electron chi connectivity index (χ3n) is 3.06. The summed E-state index contributed by atoms with van der Waals surface area (Å²) in [6.07, 6.45) is 5.30. The second-order valence-corrected chi connectivity index (χ2v) is 4.30. The number of allylic oxidation sites excluding steroid dienone is 2. The van der Waals surface area contributed by atoms with Gasteiger partial charge in [0.25, 0.3) is 0 Å². The van der Waals surface area contributed by atoms with Crippen LogP contribution in [-0.2, 0) is 14.3 Å². The van der Waals surface area contributed by atoms with Crippen LogP contribution in [0.2, 0.25) is 0 Å². The molecule has 92 valence electrons. The van der Waals surface area contributed by atoms with Crippen LogP contribution in [0.5, 0.6) is 0 Å². The number of fused-ring (bicyclic) bond motifs is 1. The van der Waals surface area contributed by atoms with Gasteiger partial charge in [-0.05, 0) is 6.42 Å². The van der Waals surface area contributed by atoms with E-state index in [-0.39, 0.29) is 17.1 Å². The predicted octanol–water partition coefficient (Wildman–Crippen LogP) is 0.941. The number of Topliss-reactive ketones (excluding diaryl/α,β-unsaturated/α-hetero) is 2. The van der Waals surface area contributed by atoms with Crippen molar-refractivity contribution in [1.29, 1.82) is 0 Å². The molecule has 1 aliphatic heterocycles. The zero-order chi connectivity index (χ0) is 12.4. The zero-order valence-electron chi connectivity index (χ0n) is 9.81. The number of aliphatic hydroxyl groups excluding tert-OH is 1. The fourth-order valence-corrected chi connectivity index (χ4v) is 1.99. The molecule has 0 aromatic heterocycles. The van der Waals surface area contributed by atoms with E-state index in [2.05, 4.69) is 6.92 Å². The smallest absolute Gasteiger partial charge is 0.195 e. The molecule has 0 aromatic rings. The number of unbranched alkanes of at least 4 members (excludes halogenated alkanes) is 2. The number of ketones is 2. The van der Waals surface area contributed by atoms with Crippen molar-refractivity contribution in [2.75, 3.05) is 6.61 Å². The number of carbonyl (C=O) groups excluding carboxylic acids is 2. The third-order valence-corrected chi connectivity index (χ3v) is 3.06. The molecule has 4 nitrogen and oxygen atoms in total. The van der Waals surface area contributed by atoms with E-state index in [1.54, 1.807) is 6.08 Å². The van der Waals surface area contributed by atoms with Crippen molar-refractivity contribution < 1.29 is 19.4 Å². The van der Waals surface area contributed by atoms with Crippen LogP contribution in [0.15, 0.2) is 23.3 Å². The average molecular weight is 236 g/mol. The molecule has 0 spiro atoms. The largest absolute Gasteiger partial charge is 0.392 e. The first-order valence-electron chi connectivity index (χ1n) is 5.95. The lowest BCUT2D eigenvalue weighted by atomic mass is 9.89. The van der Waals surface area contributed by atoms with E-state index in [4.69, 9.17) is 9.84 Å². The van der Waals surface area contributed by atoms with Gasteiger partial charge in [-0.25, -0.2) is 0 Å². The SMILES string of the molecule is CCCC/C=C/C1=C(CO)C(=O)[C@H]2O[C@H]2C1=O. The molecule has 2 aliphatic rings. The van der Waals surface area contributed by atoms with Crippen LogP contribution < -0.4 is 0 Å². The van der Waals surface area contributed by atoms with Gasteiger partial charge in [0.2, 0.25) is 0 Å². The summed E-state index contributed by atoms with van der Waals surface area (Å²) in [5.41, 5.74) is 0.522. The number of hydrogen-bond donors (Lipinski definition) is 1. The van der Waals surface area contributed by atoms with E-state index < -0.39 is 18.8 Å². The summed E-state index contributed by atoms with van der Waals surface area (Å²) in [4.78, 5) is 23.6. The lowest BCUT2D eigenvalue weighted by Crippen LogP contribution is -2.28. The van der Waals surface area contributed by atoms with Crippen LogP contribution in [0.25, 0.3) is 0 Å². The Bertz CT molecular complexity index is 406. The number of ether oxygens (including phenoxy) is 1. The molecule has 1 fully saturated rings. The Kier molecular flexibility index (Phi) is 3.54. The monoisotopic (exact) mass is 236 g/mol. The maximum Gasteiger partial charge on any atom is 0.195 e. The van der Waals surface area contributed by atoms with E-state index >= 15 is 0 Å². The molecule has 0 aromatic carbocycles. The van der Waals surface area contributed by atoms with Gasteiger partial charge in [0, 0.05) is 11.1 Å². The summed E-state index contributed by atoms with van der Waals surface area (Å²) in [7, 11) is 0. The first-order valence-corrected chi connectivity index (χ1v) is 5.95. The second-order valence-electron chi connectivity index (χ2n) is 4.30. The number of hydrogen-bond acceptors (Lipinski definition) is 4. The van der Waals surface area contributed by atoms with Crippen molar-refractivity contribution >= 4 is 11.6 Å². The molecular formula is C13H16O4. The molecule has 2 atom stereocenters. The lowest BCUT2D eigenvalue weighted by molar-refractivity contribution is -0.120. The van der Waals surface area contributed by atoms with Gasteiger partial charge in [-0.2, -0.15) is 0 Å². The molecule has 1 saturated heterocycles. The van der Waals surface area contributed by atoms with Crippen molar-refractivity contribution in [1.82, 2.24) is 0 Å². The highest BCUT2D eigenvalue weighted by molar-refractivity contribution is 6.20. The lowest BCUT2D eigenvalue weighted by Gasteiger charge is -2.10. The van der Waals surface area contributed by atoms with Crippen LogP contribution >= 0.6 is 0 Å². The standard InChI is InChI=1S/C13H16O4/c1-2-3-4-5-6-8-9(7-14)11(16)13-12(17-13)10(8)15/h5-6,12-14H,2-4,7H2,1H3/b6-5+/t12-,13+/m0/s1. The first kappa shape index (κ1) is 12.2. The Hall–Kier alpha value is -1.26. The van der Waals surface area contributed by atoms with Gasteiger partial charge in [0.1, 0.15) is 0 Å². The van der Waals surface area contributed by atoms with Gasteiger partial charge in [0.05, 0.1) is 6.61 Å². The molecule has 1 N–H and O–H groups in total. The van der Waals surface area contributed by atoms with Gasteiger partial charge in [-0.1, -0.05) is 31.9 Å². The molecule has 0 bridgehead atoms. The summed E-state index contributed by atoms with van der Waals surface area (Å²) in [5, 5.41) is 9.17. The summed E-state index contributed by atoms with van der Waals surface area (Å²) in [6.45, 7) is 1.69. The predicted molar refractivity (Wildman–Crippen MR) is 61.5 cm³/mol. The van der Waals surface area contributed by atoms with E-state index in [0.717, 1.165) is 19.3 Å². The fraction of sp³-hybridized carbons (Fsp3) is 0.538. The molecule has 2 rings (SSSR count). The average Bonchev–Trinajstić information content (AvgIpc) is 3.11. The maximum atomic E-state index is 11.8. The van der Waals surface area contributed by atoms with Crippen LogP contribution in [0.4, 0.5) is 0 Å². The molecular weight excluding hydrogens is 220 g/mol. The Labute approximate surface area is 100.0 Å². The van der Waals surface area contributed by atoms with Crippen molar-refractivity contribution in [3.8, 4) is 0 Å². The molecule has 1 heterocycles. The molecule has 0 amide bonds. The number of carbonyl (C=O) groups is 2. The number of epoxide rings is 1. The van der Waals surface area contributed by atoms with Gasteiger partial charge >= 0.3 is 0 Å². The normalized spacial score (nSPS) is 27.9. The van der Waals surface area contributed by atoms with Crippen LogP contribution in [0.3, 0.4) is 0 Å². The summed E-state index contributed by atoms with van der Waals surface area (Å²) in [6, 6.07) is 0. The molecule has 0 radical (unpaired) electrons. The van der Waals surface area contributed by atoms with Crippen molar-refractivity contribution in [3.63, 3.8) is 0 Å².